The van der Waals surface area contributed by atoms with Crippen LogP contribution < -0.4 is 5.32 Å². The third-order valence-electron chi connectivity index (χ3n) is 3.42. The molecule has 2 aromatic rings. The Morgan fingerprint density at radius 1 is 1.15 bits per heavy atom. The Balaban J connectivity index is 2.52. The van der Waals surface area contributed by atoms with Crippen LogP contribution in [0, 0.1) is 17.4 Å². The first-order valence-corrected chi connectivity index (χ1v) is 8.58. The molecule has 2 aromatic carbocycles. The quantitative estimate of drug-likeness (QED) is 0.581. The summed E-state index contributed by atoms with van der Waals surface area (Å²) in [6.45, 7) is 4.25. The number of rotatable bonds is 3. The van der Waals surface area contributed by atoms with Gasteiger partial charge in [-0.15, -0.1) is 0 Å². The zero-order valence-electron chi connectivity index (χ0n) is 11.6. The average molecular weight is 465 g/mol. The van der Waals surface area contributed by atoms with Crippen molar-refractivity contribution in [2.75, 3.05) is 7.05 Å². The van der Waals surface area contributed by atoms with Crippen molar-refractivity contribution >= 4 is 50.1 Å². The van der Waals surface area contributed by atoms with E-state index < -0.39 is 0 Å². The first kappa shape index (κ1) is 16.3. The van der Waals surface area contributed by atoms with Crippen molar-refractivity contribution in [3.63, 3.8) is 0 Å². The van der Waals surface area contributed by atoms with Gasteiger partial charge in [-0.3, -0.25) is 0 Å². The summed E-state index contributed by atoms with van der Waals surface area (Å²) in [6, 6.07) is 10.8. The van der Waals surface area contributed by atoms with E-state index in [4.69, 9.17) is 11.6 Å². The van der Waals surface area contributed by atoms with Gasteiger partial charge in [-0.1, -0.05) is 39.7 Å². The van der Waals surface area contributed by atoms with Crippen LogP contribution in [0.4, 0.5) is 0 Å². The molecule has 0 bridgehead atoms. The maximum absolute atomic E-state index is 6.26. The molecule has 0 heterocycles. The van der Waals surface area contributed by atoms with Gasteiger partial charge >= 0.3 is 0 Å². The molecule has 0 aromatic heterocycles. The van der Waals surface area contributed by atoms with E-state index in [1.807, 2.05) is 13.1 Å². The molecule has 2 rings (SSSR count). The number of hydrogen-bond acceptors (Lipinski definition) is 1. The van der Waals surface area contributed by atoms with Crippen molar-refractivity contribution in [3.8, 4) is 0 Å². The van der Waals surface area contributed by atoms with Crippen LogP contribution in [-0.4, -0.2) is 7.05 Å². The van der Waals surface area contributed by atoms with E-state index in [1.165, 1.54) is 22.3 Å². The standard InChI is InChI=1S/C16H16BrClIN/c1-9-7-13(17)10(2)6-12(9)16(20-3)11-4-5-15(19)14(18)8-11/h4-8,16,20H,1-3H3. The molecular formula is C16H16BrClIN. The highest BCUT2D eigenvalue weighted by Crippen LogP contribution is 2.31. The molecule has 0 aliphatic heterocycles. The highest BCUT2D eigenvalue weighted by atomic mass is 127. The second kappa shape index (κ2) is 6.77. The minimum absolute atomic E-state index is 0.149. The Hall–Kier alpha value is -0.100. The van der Waals surface area contributed by atoms with Gasteiger partial charge in [0.2, 0.25) is 0 Å². The molecule has 0 saturated heterocycles. The largest absolute Gasteiger partial charge is 0.309 e. The molecule has 1 atom stereocenters. The van der Waals surface area contributed by atoms with Gasteiger partial charge in [-0.2, -0.15) is 0 Å². The van der Waals surface area contributed by atoms with Crippen LogP contribution >= 0.6 is 50.1 Å². The highest BCUT2D eigenvalue weighted by molar-refractivity contribution is 14.1. The van der Waals surface area contributed by atoms with Gasteiger partial charge in [0, 0.05) is 8.04 Å². The molecule has 106 valence electrons. The van der Waals surface area contributed by atoms with Gasteiger partial charge in [0.25, 0.3) is 0 Å². The van der Waals surface area contributed by atoms with Crippen molar-refractivity contribution in [2.24, 2.45) is 0 Å². The fraction of sp³-hybridized carbons (Fsp3) is 0.250. The van der Waals surface area contributed by atoms with Crippen molar-refractivity contribution < 1.29 is 0 Å². The Morgan fingerprint density at radius 3 is 2.45 bits per heavy atom. The van der Waals surface area contributed by atoms with E-state index in [0.29, 0.717) is 0 Å². The van der Waals surface area contributed by atoms with E-state index in [2.05, 4.69) is 82.0 Å². The molecule has 20 heavy (non-hydrogen) atoms. The molecule has 1 nitrogen and oxygen atoms in total. The van der Waals surface area contributed by atoms with Gasteiger partial charge in [0.05, 0.1) is 11.1 Å². The molecule has 4 heteroatoms. The van der Waals surface area contributed by atoms with Gasteiger partial charge < -0.3 is 5.32 Å². The number of halogens is 3. The normalized spacial score (nSPS) is 12.5. The Kier molecular flexibility index (Phi) is 5.51. The summed E-state index contributed by atoms with van der Waals surface area (Å²) in [4.78, 5) is 0. The predicted octanol–water partition coefficient (Wildman–Crippen LogP) is 5.63. The second-order valence-electron chi connectivity index (χ2n) is 4.85. The third kappa shape index (κ3) is 3.38. The van der Waals surface area contributed by atoms with Crippen LogP contribution in [0.2, 0.25) is 5.02 Å². The van der Waals surface area contributed by atoms with Crippen LogP contribution in [0.3, 0.4) is 0 Å². The summed E-state index contributed by atoms with van der Waals surface area (Å²) >= 11 is 12.1. The lowest BCUT2D eigenvalue weighted by molar-refractivity contribution is 0.686. The summed E-state index contributed by atoms with van der Waals surface area (Å²) in [7, 11) is 1.98. The minimum Gasteiger partial charge on any atom is -0.309 e. The predicted molar refractivity (Wildman–Crippen MR) is 98.7 cm³/mol. The van der Waals surface area contributed by atoms with Crippen molar-refractivity contribution in [1.82, 2.24) is 5.32 Å². The monoisotopic (exact) mass is 463 g/mol. The lowest BCUT2D eigenvalue weighted by atomic mass is 9.94. The van der Waals surface area contributed by atoms with Crippen LogP contribution in [0.5, 0.6) is 0 Å². The van der Waals surface area contributed by atoms with Crippen molar-refractivity contribution in [1.29, 1.82) is 0 Å². The molecule has 0 fully saturated rings. The van der Waals surface area contributed by atoms with E-state index in [0.717, 1.165) is 13.1 Å². The van der Waals surface area contributed by atoms with E-state index in [9.17, 15) is 0 Å². The topological polar surface area (TPSA) is 12.0 Å². The number of hydrogen-bond donors (Lipinski definition) is 1. The summed E-state index contributed by atoms with van der Waals surface area (Å²) in [5.74, 6) is 0. The van der Waals surface area contributed by atoms with Crippen LogP contribution in [-0.2, 0) is 0 Å². The SMILES string of the molecule is CNC(c1ccc(I)c(Cl)c1)c1cc(C)c(Br)cc1C. The summed E-state index contributed by atoms with van der Waals surface area (Å²) in [6.07, 6.45) is 0. The summed E-state index contributed by atoms with van der Waals surface area (Å²) < 4.78 is 2.22. The van der Waals surface area contributed by atoms with Gasteiger partial charge in [-0.25, -0.2) is 0 Å². The molecule has 0 spiro atoms. The van der Waals surface area contributed by atoms with Crippen LogP contribution in [0.25, 0.3) is 0 Å². The first-order valence-electron chi connectivity index (χ1n) is 6.33. The first-order chi connectivity index (χ1) is 9.43. The molecule has 0 aliphatic carbocycles. The lowest BCUT2D eigenvalue weighted by Gasteiger charge is -2.21. The molecule has 0 amide bonds. The average Bonchev–Trinajstić information content (AvgIpc) is 2.40. The maximum atomic E-state index is 6.26. The molecule has 0 saturated carbocycles. The molecule has 0 aliphatic rings. The second-order valence-corrected chi connectivity index (χ2v) is 7.28. The highest BCUT2D eigenvalue weighted by Gasteiger charge is 2.16. The molecular weight excluding hydrogens is 448 g/mol. The smallest absolute Gasteiger partial charge is 0.0577 e. The summed E-state index contributed by atoms with van der Waals surface area (Å²) in [5, 5.41) is 4.19. The minimum atomic E-state index is 0.149. The van der Waals surface area contributed by atoms with Crippen LogP contribution in [0.1, 0.15) is 28.3 Å². The van der Waals surface area contributed by atoms with Gasteiger partial charge in [0.15, 0.2) is 0 Å². The fourth-order valence-corrected chi connectivity index (χ4v) is 3.29. The number of nitrogens with one attached hydrogen (secondary N) is 1. The zero-order valence-corrected chi connectivity index (χ0v) is 16.1. The Labute approximate surface area is 147 Å². The lowest BCUT2D eigenvalue weighted by Crippen LogP contribution is -2.19. The number of benzene rings is 2. The zero-order chi connectivity index (χ0) is 14.9. The fourth-order valence-electron chi connectivity index (χ4n) is 2.31. The van der Waals surface area contributed by atoms with E-state index in [1.54, 1.807) is 0 Å². The van der Waals surface area contributed by atoms with E-state index in [-0.39, 0.29) is 6.04 Å². The van der Waals surface area contributed by atoms with Crippen LogP contribution in [0.15, 0.2) is 34.8 Å². The van der Waals surface area contributed by atoms with Crippen molar-refractivity contribution in [2.45, 2.75) is 19.9 Å². The maximum Gasteiger partial charge on any atom is 0.0577 e. The third-order valence-corrected chi connectivity index (χ3v) is 5.85. The van der Waals surface area contributed by atoms with Crippen molar-refractivity contribution in [3.05, 3.63) is 65.7 Å². The molecule has 1 unspecified atom stereocenters. The van der Waals surface area contributed by atoms with E-state index >= 15 is 0 Å². The Morgan fingerprint density at radius 2 is 1.85 bits per heavy atom. The molecule has 1 N–H and O–H groups in total. The Bertz CT molecular complexity index is 643. The van der Waals surface area contributed by atoms with Gasteiger partial charge in [0.1, 0.15) is 0 Å². The molecule has 0 radical (unpaired) electrons. The number of aryl methyl sites for hydroxylation is 2. The van der Waals surface area contributed by atoms with Gasteiger partial charge in [-0.05, 0) is 83.9 Å². The summed E-state index contributed by atoms with van der Waals surface area (Å²) in [5.41, 5.74) is 4.96.